The maximum atomic E-state index is 12.5. The van der Waals surface area contributed by atoms with E-state index in [2.05, 4.69) is 15.4 Å². The van der Waals surface area contributed by atoms with Gasteiger partial charge in [0.15, 0.2) is 0 Å². The molecule has 0 unspecified atom stereocenters. The zero-order valence-corrected chi connectivity index (χ0v) is 15.8. The third-order valence-electron chi connectivity index (χ3n) is 3.67. The van der Waals surface area contributed by atoms with Crippen molar-refractivity contribution in [2.24, 2.45) is 0 Å². The summed E-state index contributed by atoms with van der Waals surface area (Å²) in [5.41, 5.74) is 1.44. The minimum absolute atomic E-state index is 0.248. The van der Waals surface area contributed by atoms with Crippen LogP contribution in [0.25, 0.3) is 9.88 Å². The highest BCUT2D eigenvalue weighted by Crippen LogP contribution is 2.28. The van der Waals surface area contributed by atoms with Crippen molar-refractivity contribution >= 4 is 46.0 Å². The van der Waals surface area contributed by atoms with Gasteiger partial charge in [0.25, 0.3) is 5.91 Å². The number of hydrogen-bond donors (Lipinski definition) is 1. The second-order valence-corrected chi connectivity index (χ2v) is 7.71. The molecular formula is C18H13ClN4OS2. The molecule has 3 heterocycles. The normalized spacial score (nSPS) is 10.8. The van der Waals surface area contributed by atoms with Crippen molar-refractivity contribution in [3.8, 4) is 9.88 Å². The van der Waals surface area contributed by atoms with Crippen LogP contribution in [0.2, 0.25) is 5.02 Å². The highest BCUT2D eigenvalue weighted by molar-refractivity contribution is 7.20. The fourth-order valence-electron chi connectivity index (χ4n) is 2.40. The largest absolute Gasteiger partial charge is 0.305 e. The van der Waals surface area contributed by atoms with Crippen molar-refractivity contribution < 1.29 is 4.79 Å². The molecule has 0 aliphatic heterocycles. The van der Waals surface area contributed by atoms with E-state index in [9.17, 15) is 4.79 Å². The van der Waals surface area contributed by atoms with Crippen LogP contribution in [0.1, 0.15) is 16.1 Å². The van der Waals surface area contributed by atoms with Crippen molar-refractivity contribution in [1.82, 2.24) is 14.8 Å². The van der Waals surface area contributed by atoms with Crippen LogP contribution in [0.15, 0.2) is 59.4 Å². The minimum atomic E-state index is -0.248. The highest BCUT2D eigenvalue weighted by Gasteiger charge is 2.14. The van der Waals surface area contributed by atoms with Crippen LogP contribution in [0.4, 0.5) is 5.82 Å². The Morgan fingerprint density at radius 1 is 1.15 bits per heavy atom. The maximum absolute atomic E-state index is 12.5. The van der Waals surface area contributed by atoms with Crippen LogP contribution in [-0.4, -0.2) is 20.7 Å². The van der Waals surface area contributed by atoms with Crippen LogP contribution in [0.3, 0.4) is 0 Å². The number of aromatic nitrogens is 3. The Bertz CT molecular complexity index is 1020. The van der Waals surface area contributed by atoms with E-state index in [1.54, 1.807) is 33.7 Å². The molecule has 1 aromatic carbocycles. The molecule has 5 nitrogen and oxygen atoms in total. The fraction of sp³-hybridized carbons (Fsp3) is 0.0556. The molecule has 8 heteroatoms. The molecular weight excluding hydrogens is 388 g/mol. The van der Waals surface area contributed by atoms with Gasteiger partial charge in [-0.25, -0.2) is 9.67 Å². The Labute approximate surface area is 162 Å². The predicted molar refractivity (Wildman–Crippen MR) is 106 cm³/mol. The highest BCUT2D eigenvalue weighted by atomic mass is 35.5. The second-order valence-electron chi connectivity index (χ2n) is 5.47. The van der Waals surface area contributed by atoms with E-state index in [1.807, 2.05) is 41.8 Å². The molecule has 1 amide bonds. The number of halogens is 1. The average Bonchev–Trinajstić information content (AvgIpc) is 3.38. The standard InChI is InChI=1S/C18H13ClN4OS2/c19-13-5-3-12(4-6-13)10-23-16(7-8-20-23)22-17(24)14-11-26-18(21-14)15-2-1-9-25-15/h1-9,11H,10H2,(H,22,24). The number of carbonyl (C=O) groups is 1. The van der Waals surface area contributed by atoms with E-state index in [-0.39, 0.29) is 5.91 Å². The molecule has 4 rings (SSSR count). The van der Waals surface area contributed by atoms with E-state index in [0.717, 1.165) is 15.4 Å². The van der Waals surface area contributed by atoms with Gasteiger partial charge in [0.1, 0.15) is 16.5 Å². The molecule has 3 aromatic heterocycles. The van der Waals surface area contributed by atoms with Crippen molar-refractivity contribution in [1.29, 1.82) is 0 Å². The van der Waals surface area contributed by atoms with Gasteiger partial charge in [-0.1, -0.05) is 29.8 Å². The summed E-state index contributed by atoms with van der Waals surface area (Å²) >= 11 is 8.98. The van der Waals surface area contributed by atoms with Gasteiger partial charge in [-0.15, -0.1) is 22.7 Å². The summed E-state index contributed by atoms with van der Waals surface area (Å²) in [6.07, 6.45) is 1.66. The van der Waals surface area contributed by atoms with Gasteiger partial charge >= 0.3 is 0 Å². The zero-order valence-electron chi connectivity index (χ0n) is 13.4. The van der Waals surface area contributed by atoms with Crippen LogP contribution in [-0.2, 0) is 6.54 Å². The molecule has 0 saturated heterocycles. The Kier molecular flexibility index (Phi) is 4.83. The van der Waals surface area contributed by atoms with Crippen molar-refractivity contribution in [2.75, 3.05) is 5.32 Å². The first-order valence-electron chi connectivity index (χ1n) is 7.76. The predicted octanol–water partition coefficient (Wildman–Crippen LogP) is 5.02. The fourth-order valence-corrected chi connectivity index (χ4v) is 4.14. The number of benzene rings is 1. The van der Waals surface area contributed by atoms with Crippen LogP contribution in [0.5, 0.6) is 0 Å². The lowest BCUT2D eigenvalue weighted by Gasteiger charge is -2.08. The van der Waals surface area contributed by atoms with Crippen LogP contribution in [0, 0.1) is 0 Å². The van der Waals surface area contributed by atoms with E-state index >= 15 is 0 Å². The van der Waals surface area contributed by atoms with E-state index in [4.69, 9.17) is 11.6 Å². The molecule has 0 fully saturated rings. The summed E-state index contributed by atoms with van der Waals surface area (Å²) in [6, 6.07) is 13.3. The number of hydrogen-bond acceptors (Lipinski definition) is 5. The van der Waals surface area contributed by atoms with Gasteiger partial charge < -0.3 is 5.32 Å². The quantitative estimate of drug-likeness (QED) is 0.511. The third kappa shape index (κ3) is 3.70. The molecule has 4 aromatic rings. The summed E-state index contributed by atoms with van der Waals surface area (Å²) in [5.74, 6) is 0.373. The molecule has 0 aliphatic rings. The number of nitrogens with zero attached hydrogens (tertiary/aromatic N) is 3. The Morgan fingerprint density at radius 3 is 2.77 bits per heavy atom. The van der Waals surface area contributed by atoms with Gasteiger partial charge in [-0.05, 0) is 29.1 Å². The Balaban J connectivity index is 1.48. The lowest BCUT2D eigenvalue weighted by atomic mass is 10.2. The van der Waals surface area contributed by atoms with E-state index in [0.29, 0.717) is 23.1 Å². The van der Waals surface area contributed by atoms with Crippen LogP contribution >= 0.6 is 34.3 Å². The number of thiazole rings is 1. The van der Waals surface area contributed by atoms with Crippen molar-refractivity contribution in [2.45, 2.75) is 6.54 Å². The number of amides is 1. The van der Waals surface area contributed by atoms with Gasteiger partial charge in [0.05, 0.1) is 17.6 Å². The molecule has 26 heavy (non-hydrogen) atoms. The molecule has 130 valence electrons. The van der Waals surface area contributed by atoms with E-state index < -0.39 is 0 Å². The summed E-state index contributed by atoms with van der Waals surface area (Å²) in [7, 11) is 0. The Hall–Kier alpha value is -2.48. The first-order chi connectivity index (χ1) is 12.7. The van der Waals surface area contributed by atoms with Crippen molar-refractivity contribution in [3.05, 3.63) is 75.7 Å². The summed E-state index contributed by atoms with van der Waals surface area (Å²) < 4.78 is 1.73. The number of anilines is 1. The van der Waals surface area contributed by atoms with Gasteiger partial charge in [0.2, 0.25) is 0 Å². The number of thiophene rings is 1. The SMILES string of the molecule is O=C(Nc1ccnn1Cc1ccc(Cl)cc1)c1csc(-c2cccs2)n1. The van der Waals surface area contributed by atoms with Gasteiger partial charge in [-0.2, -0.15) is 5.10 Å². The molecule has 1 N–H and O–H groups in total. The van der Waals surface area contributed by atoms with E-state index in [1.165, 1.54) is 11.3 Å². The Morgan fingerprint density at radius 2 is 2.00 bits per heavy atom. The summed E-state index contributed by atoms with van der Waals surface area (Å²) in [6.45, 7) is 0.539. The average molecular weight is 401 g/mol. The zero-order chi connectivity index (χ0) is 17.9. The minimum Gasteiger partial charge on any atom is -0.305 e. The van der Waals surface area contributed by atoms with Gasteiger partial charge in [0, 0.05) is 16.5 Å². The molecule has 0 bridgehead atoms. The second kappa shape index (κ2) is 7.41. The number of rotatable bonds is 5. The molecule has 0 radical (unpaired) electrons. The third-order valence-corrected chi connectivity index (χ3v) is 5.81. The van der Waals surface area contributed by atoms with Crippen molar-refractivity contribution in [3.63, 3.8) is 0 Å². The first-order valence-corrected chi connectivity index (χ1v) is 9.90. The molecule has 0 aliphatic carbocycles. The molecule has 0 atom stereocenters. The number of carbonyl (C=O) groups excluding carboxylic acids is 1. The molecule has 0 saturated carbocycles. The number of nitrogens with one attached hydrogen (secondary N) is 1. The maximum Gasteiger partial charge on any atom is 0.276 e. The topological polar surface area (TPSA) is 59.8 Å². The first kappa shape index (κ1) is 17.0. The summed E-state index contributed by atoms with van der Waals surface area (Å²) in [4.78, 5) is 18.0. The smallest absolute Gasteiger partial charge is 0.276 e. The monoisotopic (exact) mass is 400 g/mol. The molecule has 0 spiro atoms. The van der Waals surface area contributed by atoms with Crippen LogP contribution < -0.4 is 5.32 Å². The lowest BCUT2D eigenvalue weighted by molar-refractivity contribution is 0.102. The summed E-state index contributed by atoms with van der Waals surface area (Å²) in [5, 5.41) is 12.5. The van der Waals surface area contributed by atoms with Gasteiger partial charge in [-0.3, -0.25) is 4.79 Å². The lowest BCUT2D eigenvalue weighted by Crippen LogP contribution is -2.16.